The summed E-state index contributed by atoms with van der Waals surface area (Å²) in [4.78, 5) is 9.78. The molecular weight excluding hydrogens is 299 g/mol. The highest BCUT2D eigenvalue weighted by Crippen LogP contribution is 2.25. The Morgan fingerprint density at radius 1 is 1.33 bits per heavy atom. The molecule has 5 nitrogen and oxygen atoms in total. The van der Waals surface area contributed by atoms with Crippen LogP contribution in [-0.4, -0.2) is 12.0 Å². The molecule has 0 saturated carbocycles. The maximum Gasteiger partial charge on any atom is 0.304 e. The summed E-state index contributed by atoms with van der Waals surface area (Å²) in [5.74, 6) is -0.239. The third kappa shape index (κ3) is 3.61. The zero-order chi connectivity index (χ0) is 15.4. The van der Waals surface area contributed by atoms with Crippen molar-refractivity contribution in [1.82, 2.24) is 0 Å². The van der Waals surface area contributed by atoms with E-state index in [9.17, 15) is 14.5 Å². The van der Waals surface area contributed by atoms with Gasteiger partial charge in [-0.25, -0.2) is 0 Å². The van der Waals surface area contributed by atoms with Crippen molar-refractivity contribution in [2.24, 2.45) is 0 Å². The molecule has 0 radical (unpaired) electrons. The fourth-order valence-electron chi connectivity index (χ4n) is 1.85. The first-order valence-corrected chi connectivity index (χ1v) is 6.39. The normalized spacial score (nSPS) is 10.2. The number of methoxy groups -OCH3 is 1. The van der Waals surface area contributed by atoms with Gasteiger partial charge < -0.3 is 10.1 Å². The zero-order valence-corrected chi connectivity index (χ0v) is 11.9. The fraction of sp³-hybridized carbons (Fsp3) is 0.143. The van der Waals surface area contributed by atoms with E-state index in [2.05, 4.69) is 5.32 Å². The molecule has 110 valence electrons. The van der Waals surface area contributed by atoms with E-state index in [-0.39, 0.29) is 0 Å². The second kappa shape index (κ2) is 6.41. The standard InChI is InChI=1S/C14H12ClFN2O3/c1-21-14-5-2-10(15)6-9(14)8-17-11-3-4-13(18(19)20)12(16)7-11/h2-7,17H,8H2,1H3. The first-order valence-electron chi connectivity index (χ1n) is 6.01. The lowest BCUT2D eigenvalue weighted by atomic mass is 10.2. The summed E-state index contributed by atoms with van der Waals surface area (Å²) in [6, 6.07) is 8.81. The number of rotatable bonds is 5. The first-order chi connectivity index (χ1) is 10.0. The highest BCUT2D eigenvalue weighted by molar-refractivity contribution is 6.30. The van der Waals surface area contributed by atoms with Gasteiger partial charge in [-0.3, -0.25) is 10.1 Å². The van der Waals surface area contributed by atoms with Crippen molar-refractivity contribution in [2.45, 2.75) is 6.54 Å². The molecule has 0 spiro atoms. The lowest BCUT2D eigenvalue weighted by Crippen LogP contribution is -2.02. The molecule has 0 aliphatic rings. The number of nitro groups is 1. The van der Waals surface area contributed by atoms with Gasteiger partial charge in [0.05, 0.1) is 12.0 Å². The molecule has 0 amide bonds. The minimum Gasteiger partial charge on any atom is -0.496 e. The third-order valence-corrected chi connectivity index (χ3v) is 3.10. The number of hydrogen-bond acceptors (Lipinski definition) is 4. The number of ether oxygens (including phenoxy) is 1. The van der Waals surface area contributed by atoms with E-state index in [1.165, 1.54) is 13.2 Å². The van der Waals surface area contributed by atoms with Crippen molar-refractivity contribution in [3.63, 3.8) is 0 Å². The van der Waals surface area contributed by atoms with Crippen LogP contribution in [0.15, 0.2) is 36.4 Å². The maximum atomic E-state index is 13.5. The highest BCUT2D eigenvalue weighted by atomic mass is 35.5. The van der Waals surface area contributed by atoms with E-state index in [0.29, 0.717) is 23.0 Å². The number of hydrogen-bond donors (Lipinski definition) is 1. The van der Waals surface area contributed by atoms with Gasteiger partial charge in [-0.15, -0.1) is 0 Å². The molecular formula is C14H12ClFN2O3. The molecule has 0 aliphatic heterocycles. The van der Waals surface area contributed by atoms with Crippen molar-refractivity contribution < 1.29 is 14.1 Å². The monoisotopic (exact) mass is 310 g/mol. The minimum atomic E-state index is -0.886. The highest BCUT2D eigenvalue weighted by Gasteiger charge is 2.13. The van der Waals surface area contributed by atoms with Crippen molar-refractivity contribution >= 4 is 23.0 Å². The van der Waals surface area contributed by atoms with Crippen LogP contribution < -0.4 is 10.1 Å². The van der Waals surface area contributed by atoms with Gasteiger partial charge in [0.2, 0.25) is 5.82 Å². The average Bonchev–Trinajstić information content (AvgIpc) is 2.45. The average molecular weight is 311 g/mol. The Labute approximate surface area is 125 Å². The summed E-state index contributed by atoms with van der Waals surface area (Å²) in [5.41, 5.74) is 0.671. The number of anilines is 1. The Kier molecular flexibility index (Phi) is 4.59. The minimum absolute atomic E-state index is 0.348. The second-order valence-corrected chi connectivity index (χ2v) is 4.67. The largest absolute Gasteiger partial charge is 0.496 e. The summed E-state index contributed by atoms with van der Waals surface area (Å²) < 4.78 is 18.7. The number of nitrogens with zero attached hydrogens (tertiary/aromatic N) is 1. The molecule has 7 heteroatoms. The van der Waals surface area contributed by atoms with Crippen LogP contribution in [0.2, 0.25) is 5.02 Å². The molecule has 2 aromatic rings. The van der Waals surface area contributed by atoms with Gasteiger partial charge in [0.1, 0.15) is 5.75 Å². The van der Waals surface area contributed by atoms with Crippen molar-refractivity contribution in [1.29, 1.82) is 0 Å². The number of benzene rings is 2. The summed E-state index contributed by atoms with van der Waals surface area (Å²) in [5, 5.41) is 14.1. The topological polar surface area (TPSA) is 64.4 Å². The van der Waals surface area contributed by atoms with E-state index in [1.54, 1.807) is 18.2 Å². The first kappa shape index (κ1) is 15.1. The second-order valence-electron chi connectivity index (χ2n) is 4.23. The van der Waals surface area contributed by atoms with Crippen LogP contribution in [0.3, 0.4) is 0 Å². The van der Waals surface area contributed by atoms with Gasteiger partial charge in [-0.1, -0.05) is 11.6 Å². The number of nitro benzene ring substituents is 1. The Bertz CT molecular complexity index is 679. The number of halogens is 2. The quantitative estimate of drug-likeness (QED) is 0.669. The van der Waals surface area contributed by atoms with Gasteiger partial charge in [0, 0.05) is 35.0 Å². The Morgan fingerprint density at radius 2 is 2.10 bits per heavy atom. The predicted molar refractivity (Wildman–Crippen MR) is 78.4 cm³/mol. The summed E-state index contributed by atoms with van der Waals surface area (Å²) in [7, 11) is 1.54. The SMILES string of the molecule is COc1ccc(Cl)cc1CNc1ccc([N+](=O)[O-])c(F)c1. The van der Waals surface area contributed by atoms with Gasteiger partial charge in [0.15, 0.2) is 0 Å². The Morgan fingerprint density at radius 3 is 2.71 bits per heavy atom. The van der Waals surface area contributed by atoms with E-state index in [1.807, 2.05) is 0 Å². The van der Waals surface area contributed by atoms with E-state index in [4.69, 9.17) is 16.3 Å². The molecule has 0 aromatic heterocycles. The molecule has 21 heavy (non-hydrogen) atoms. The molecule has 0 unspecified atom stereocenters. The lowest BCUT2D eigenvalue weighted by molar-refractivity contribution is -0.387. The van der Waals surface area contributed by atoms with E-state index in [0.717, 1.165) is 17.7 Å². The lowest BCUT2D eigenvalue weighted by Gasteiger charge is -2.11. The summed E-state index contributed by atoms with van der Waals surface area (Å²) >= 11 is 5.92. The molecule has 2 rings (SSSR count). The fourth-order valence-corrected chi connectivity index (χ4v) is 2.04. The summed E-state index contributed by atoms with van der Waals surface area (Å²) in [6.45, 7) is 0.348. The Balaban J connectivity index is 2.15. The van der Waals surface area contributed by atoms with Crippen molar-refractivity contribution in [2.75, 3.05) is 12.4 Å². The van der Waals surface area contributed by atoms with Crippen LogP contribution in [0.4, 0.5) is 15.8 Å². The third-order valence-electron chi connectivity index (χ3n) is 2.87. The number of nitrogens with one attached hydrogen (secondary N) is 1. The van der Waals surface area contributed by atoms with Gasteiger partial charge in [-0.05, 0) is 24.3 Å². The van der Waals surface area contributed by atoms with Gasteiger partial charge in [0.25, 0.3) is 0 Å². The molecule has 0 saturated heterocycles. The molecule has 0 fully saturated rings. The van der Waals surface area contributed by atoms with Crippen LogP contribution >= 0.6 is 11.6 Å². The van der Waals surface area contributed by atoms with Crippen molar-refractivity contribution in [3.8, 4) is 5.75 Å². The smallest absolute Gasteiger partial charge is 0.304 e. The summed E-state index contributed by atoms with van der Waals surface area (Å²) in [6.07, 6.45) is 0. The van der Waals surface area contributed by atoms with E-state index < -0.39 is 16.4 Å². The molecule has 2 aromatic carbocycles. The molecule has 1 N–H and O–H groups in total. The van der Waals surface area contributed by atoms with Crippen LogP contribution in [0.25, 0.3) is 0 Å². The molecule has 0 atom stereocenters. The van der Waals surface area contributed by atoms with Gasteiger partial charge >= 0.3 is 5.69 Å². The Hall–Kier alpha value is -2.34. The van der Waals surface area contributed by atoms with Crippen LogP contribution in [0.1, 0.15) is 5.56 Å². The van der Waals surface area contributed by atoms with Crippen molar-refractivity contribution in [3.05, 3.63) is 62.9 Å². The molecule has 0 aliphatic carbocycles. The zero-order valence-electron chi connectivity index (χ0n) is 11.1. The maximum absolute atomic E-state index is 13.5. The van der Waals surface area contributed by atoms with E-state index >= 15 is 0 Å². The van der Waals surface area contributed by atoms with Gasteiger partial charge in [-0.2, -0.15) is 4.39 Å². The molecule has 0 heterocycles. The van der Waals surface area contributed by atoms with Crippen LogP contribution in [-0.2, 0) is 6.54 Å². The van der Waals surface area contributed by atoms with Crippen LogP contribution in [0.5, 0.6) is 5.75 Å². The van der Waals surface area contributed by atoms with Crippen LogP contribution in [0, 0.1) is 15.9 Å². The predicted octanol–water partition coefficient (Wildman–Crippen LogP) is 4.01. The molecule has 0 bridgehead atoms.